The Balaban J connectivity index is 1.91. The van der Waals surface area contributed by atoms with Crippen LogP contribution in [0.15, 0.2) is 70.3 Å². The third kappa shape index (κ3) is 3.44. The zero-order chi connectivity index (χ0) is 15.4. The van der Waals surface area contributed by atoms with Gasteiger partial charge in [0.05, 0.1) is 0 Å². The average Bonchev–Trinajstić information content (AvgIpc) is 2.97. The zero-order valence-electron chi connectivity index (χ0n) is 13.5. The molecule has 3 aliphatic rings. The van der Waals surface area contributed by atoms with Gasteiger partial charge in [0.15, 0.2) is 0 Å². The molecule has 22 heavy (non-hydrogen) atoms. The average molecular weight is 294 g/mol. The van der Waals surface area contributed by atoms with E-state index in [0.717, 1.165) is 25.0 Å². The summed E-state index contributed by atoms with van der Waals surface area (Å²) in [5.41, 5.74) is 14.0. The van der Waals surface area contributed by atoms with Crippen LogP contribution in [0.2, 0.25) is 0 Å². The highest BCUT2D eigenvalue weighted by Gasteiger charge is 2.19. The van der Waals surface area contributed by atoms with Gasteiger partial charge in [-0.25, -0.2) is 0 Å². The predicted molar refractivity (Wildman–Crippen MR) is 93.8 cm³/mol. The minimum absolute atomic E-state index is 0.931. The molecule has 3 aliphatic carbocycles. The maximum atomic E-state index is 6.28. The van der Waals surface area contributed by atoms with Gasteiger partial charge in [-0.2, -0.15) is 0 Å². The van der Waals surface area contributed by atoms with Gasteiger partial charge in [0, 0.05) is 17.1 Å². The van der Waals surface area contributed by atoms with Gasteiger partial charge in [0.1, 0.15) is 0 Å². The fraction of sp³-hybridized carbons (Fsp3) is 0.400. The molecule has 0 atom stereocenters. The van der Waals surface area contributed by atoms with Gasteiger partial charge < -0.3 is 11.1 Å². The summed E-state index contributed by atoms with van der Waals surface area (Å²) < 4.78 is 0. The van der Waals surface area contributed by atoms with Crippen LogP contribution in [0.1, 0.15) is 51.9 Å². The van der Waals surface area contributed by atoms with E-state index in [1.54, 1.807) is 5.57 Å². The van der Waals surface area contributed by atoms with Crippen molar-refractivity contribution < 1.29 is 0 Å². The number of allylic oxidation sites excluding steroid dienone is 9. The molecular weight excluding hydrogens is 268 g/mol. The molecule has 0 aromatic heterocycles. The Morgan fingerprint density at radius 3 is 2.73 bits per heavy atom. The molecule has 0 aromatic rings. The van der Waals surface area contributed by atoms with E-state index in [9.17, 15) is 0 Å². The molecule has 1 fully saturated rings. The van der Waals surface area contributed by atoms with E-state index in [2.05, 4.69) is 48.7 Å². The van der Waals surface area contributed by atoms with Crippen molar-refractivity contribution >= 4 is 0 Å². The Kier molecular flexibility index (Phi) is 4.67. The molecule has 0 bridgehead atoms. The molecule has 2 nitrogen and oxygen atoms in total. The number of hydrogen-bond acceptors (Lipinski definition) is 2. The molecule has 0 amide bonds. The molecule has 3 rings (SSSR count). The van der Waals surface area contributed by atoms with Gasteiger partial charge in [0.25, 0.3) is 0 Å². The van der Waals surface area contributed by atoms with Crippen molar-refractivity contribution in [1.82, 2.24) is 5.32 Å². The van der Waals surface area contributed by atoms with Gasteiger partial charge in [-0.1, -0.05) is 29.9 Å². The minimum atomic E-state index is 0.931. The number of nitrogens with two attached hydrogens (primary N) is 1. The second-order valence-electron chi connectivity index (χ2n) is 6.42. The molecule has 0 heterocycles. The van der Waals surface area contributed by atoms with Crippen LogP contribution in [-0.2, 0) is 0 Å². The summed E-state index contributed by atoms with van der Waals surface area (Å²) in [6.45, 7) is 2.17. The Morgan fingerprint density at radius 2 is 1.95 bits per heavy atom. The number of rotatable bonds is 3. The fourth-order valence-corrected chi connectivity index (χ4v) is 3.34. The van der Waals surface area contributed by atoms with Gasteiger partial charge in [-0.05, 0) is 75.2 Å². The van der Waals surface area contributed by atoms with E-state index in [1.165, 1.54) is 48.2 Å². The van der Waals surface area contributed by atoms with Crippen molar-refractivity contribution in [3.05, 3.63) is 70.3 Å². The van der Waals surface area contributed by atoms with E-state index in [-0.39, 0.29) is 0 Å². The third-order valence-corrected chi connectivity index (χ3v) is 4.64. The summed E-state index contributed by atoms with van der Waals surface area (Å²) in [6, 6.07) is 0. The highest BCUT2D eigenvalue weighted by atomic mass is 14.9. The summed E-state index contributed by atoms with van der Waals surface area (Å²) in [5.74, 6) is 0. The second kappa shape index (κ2) is 6.87. The van der Waals surface area contributed by atoms with Crippen LogP contribution in [0.25, 0.3) is 0 Å². The quantitative estimate of drug-likeness (QED) is 0.787. The summed E-state index contributed by atoms with van der Waals surface area (Å²) in [4.78, 5) is 0. The van der Waals surface area contributed by atoms with E-state index < -0.39 is 0 Å². The van der Waals surface area contributed by atoms with Crippen LogP contribution in [0.3, 0.4) is 0 Å². The van der Waals surface area contributed by atoms with Gasteiger partial charge in [-0.3, -0.25) is 0 Å². The first-order chi connectivity index (χ1) is 10.7. The first-order valence-corrected chi connectivity index (χ1v) is 8.42. The minimum Gasteiger partial charge on any atom is -0.398 e. The Hall–Kier alpha value is -1.96. The maximum absolute atomic E-state index is 6.28. The molecule has 0 spiro atoms. The maximum Gasteiger partial charge on any atom is 0.0429 e. The molecule has 0 radical (unpaired) electrons. The number of nitrogens with one attached hydrogen (secondary N) is 1. The molecule has 1 saturated carbocycles. The predicted octanol–water partition coefficient (Wildman–Crippen LogP) is 4.76. The molecule has 3 N–H and O–H groups in total. The summed E-state index contributed by atoms with van der Waals surface area (Å²) in [6.07, 6.45) is 21.2. The van der Waals surface area contributed by atoms with Crippen LogP contribution in [0.5, 0.6) is 0 Å². The van der Waals surface area contributed by atoms with Crippen molar-refractivity contribution in [2.45, 2.75) is 51.9 Å². The van der Waals surface area contributed by atoms with Crippen LogP contribution in [-0.4, -0.2) is 0 Å². The largest absolute Gasteiger partial charge is 0.398 e. The van der Waals surface area contributed by atoms with Crippen molar-refractivity contribution in [2.75, 3.05) is 0 Å². The molecule has 0 aliphatic heterocycles. The third-order valence-electron chi connectivity index (χ3n) is 4.64. The second-order valence-corrected chi connectivity index (χ2v) is 6.42. The Morgan fingerprint density at radius 1 is 1.14 bits per heavy atom. The lowest BCUT2D eigenvalue weighted by atomic mass is 9.95. The molecule has 116 valence electrons. The SMILES string of the molecule is CC1=CC=CC(NC(=C2CCCC2)C2=C(N)C=CCC2)=CC1. The zero-order valence-corrected chi connectivity index (χ0v) is 13.5. The van der Waals surface area contributed by atoms with E-state index >= 15 is 0 Å². The van der Waals surface area contributed by atoms with Crippen LogP contribution < -0.4 is 11.1 Å². The molecule has 0 unspecified atom stereocenters. The molecule has 2 heteroatoms. The normalized spacial score (nSPS) is 21.6. The lowest BCUT2D eigenvalue weighted by Crippen LogP contribution is -2.19. The van der Waals surface area contributed by atoms with Crippen molar-refractivity contribution in [2.24, 2.45) is 5.73 Å². The highest BCUT2D eigenvalue weighted by Crippen LogP contribution is 2.33. The van der Waals surface area contributed by atoms with Crippen LogP contribution >= 0.6 is 0 Å². The first kappa shape index (κ1) is 15.0. The molecular formula is C20H26N2. The summed E-state index contributed by atoms with van der Waals surface area (Å²) >= 11 is 0. The smallest absolute Gasteiger partial charge is 0.0429 e. The van der Waals surface area contributed by atoms with Crippen LogP contribution in [0.4, 0.5) is 0 Å². The monoisotopic (exact) mass is 294 g/mol. The Bertz CT molecular complexity index is 616. The van der Waals surface area contributed by atoms with E-state index in [1.807, 2.05) is 0 Å². The first-order valence-electron chi connectivity index (χ1n) is 8.42. The van der Waals surface area contributed by atoms with Crippen molar-refractivity contribution in [3.8, 4) is 0 Å². The number of hydrogen-bond donors (Lipinski definition) is 2. The standard InChI is InChI=1S/C20H26N2/c1-15-7-6-10-17(14-13-15)22-20(16-8-2-3-9-16)18-11-4-5-12-19(18)21/h5-7,10,12,14,22H,2-4,8-9,11,13,21H2,1H3. The van der Waals surface area contributed by atoms with Gasteiger partial charge in [0.2, 0.25) is 0 Å². The van der Waals surface area contributed by atoms with E-state index in [4.69, 9.17) is 5.73 Å². The Labute approximate surface area is 133 Å². The van der Waals surface area contributed by atoms with Gasteiger partial charge in [-0.15, -0.1) is 0 Å². The van der Waals surface area contributed by atoms with E-state index in [0.29, 0.717) is 0 Å². The summed E-state index contributed by atoms with van der Waals surface area (Å²) in [7, 11) is 0. The molecule has 0 aromatic carbocycles. The fourth-order valence-electron chi connectivity index (χ4n) is 3.34. The van der Waals surface area contributed by atoms with Crippen LogP contribution in [0, 0.1) is 0 Å². The summed E-state index contributed by atoms with van der Waals surface area (Å²) in [5, 5.41) is 3.71. The topological polar surface area (TPSA) is 38.0 Å². The molecule has 0 saturated heterocycles. The van der Waals surface area contributed by atoms with Crippen molar-refractivity contribution in [1.29, 1.82) is 0 Å². The lowest BCUT2D eigenvalue weighted by Gasteiger charge is -2.21. The van der Waals surface area contributed by atoms with Crippen molar-refractivity contribution in [3.63, 3.8) is 0 Å². The lowest BCUT2D eigenvalue weighted by molar-refractivity contribution is 0.857. The van der Waals surface area contributed by atoms with Gasteiger partial charge >= 0.3 is 0 Å². The highest BCUT2D eigenvalue weighted by molar-refractivity contribution is 5.46.